The Morgan fingerprint density at radius 3 is 2.70 bits per heavy atom. The van der Waals surface area contributed by atoms with E-state index < -0.39 is 9.84 Å². The van der Waals surface area contributed by atoms with E-state index in [4.69, 9.17) is 17.3 Å². The minimum atomic E-state index is -2.97. The summed E-state index contributed by atoms with van der Waals surface area (Å²) in [6.07, 6.45) is 4.66. The van der Waals surface area contributed by atoms with Crippen LogP contribution in [0.5, 0.6) is 0 Å². The van der Waals surface area contributed by atoms with E-state index in [0.717, 1.165) is 30.4 Å². The molecular formula is C15H22ClNO2S. The lowest BCUT2D eigenvalue weighted by Crippen LogP contribution is -2.33. The summed E-state index contributed by atoms with van der Waals surface area (Å²) in [6, 6.07) is 5.59. The second-order valence-electron chi connectivity index (χ2n) is 5.90. The van der Waals surface area contributed by atoms with Crippen molar-refractivity contribution >= 4 is 21.4 Å². The molecule has 2 rings (SSSR count). The highest BCUT2D eigenvalue weighted by Gasteiger charge is 2.32. The van der Waals surface area contributed by atoms with Crippen molar-refractivity contribution in [3.8, 4) is 0 Å². The first-order chi connectivity index (χ1) is 9.29. The molecular weight excluding hydrogens is 294 g/mol. The molecule has 1 aromatic carbocycles. The quantitative estimate of drug-likeness (QED) is 0.931. The number of hydrogen-bond donors (Lipinski definition) is 1. The van der Waals surface area contributed by atoms with Crippen molar-refractivity contribution in [3.63, 3.8) is 0 Å². The summed E-state index contributed by atoms with van der Waals surface area (Å²) >= 11 is 6.05. The molecule has 0 spiro atoms. The first-order valence-corrected chi connectivity index (χ1v) is 9.33. The molecule has 0 amide bonds. The maximum absolute atomic E-state index is 11.8. The standard InChI is InChI=1S/C15H22ClNO2S/c1-10-6-7-12(16)9-14(10)15(17)11-4-3-5-13(8-11)20(2,18)19/h6-7,9,11,13,15H,3-5,8,17H2,1-2H3. The van der Waals surface area contributed by atoms with Crippen LogP contribution in [0.3, 0.4) is 0 Å². The van der Waals surface area contributed by atoms with Crippen LogP contribution in [0.1, 0.15) is 42.9 Å². The summed E-state index contributed by atoms with van der Waals surface area (Å²) in [6.45, 7) is 2.02. The Morgan fingerprint density at radius 2 is 2.05 bits per heavy atom. The molecule has 20 heavy (non-hydrogen) atoms. The van der Waals surface area contributed by atoms with Gasteiger partial charge in [0.25, 0.3) is 0 Å². The fourth-order valence-corrected chi connectivity index (χ4v) is 4.49. The van der Waals surface area contributed by atoms with E-state index in [1.54, 1.807) is 0 Å². The van der Waals surface area contributed by atoms with E-state index >= 15 is 0 Å². The zero-order chi connectivity index (χ0) is 14.9. The van der Waals surface area contributed by atoms with Crippen molar-refractivity contribution in [3.05, 3.63) is 34.3 Å². The molecule has 1 fully saturated rings. The van der Waals surface area contributed by atoms with Gasteiger partial charge in [0, 0.05) is 17.3 Å². The molecule has 1 aliphatic carbocycles. The van der Waals surface area contributed by atoms with E-state index in [9.17, 15) is 8.42 Å². The maximum Gasteiger partial charge on any atom is 0.150 e. The van der Waals surface area contributed by atoms with Gasteiger partial charge in [-0.2, -0.15) is 0 Å². The van der Waals surface area contributed by atoms with Gasteiger partial charge in [0.05, 0.1) is 5.25 Å². The number of nitrogens with two attached hydrogens (primary N) is 1. The third kappa shape index (κ3) is 3.54. The van der Waals surface area contributed by atoms with E-state index in [1.165, 1.54) is 6.26 Å². The van der Waals surface area contributed by atoms with E-state index in [0.29, 0.717) is 11.4 Å². The van der Waals surface area contributed by atoms with Crippen molar-refractivity contribution in [2.45, 2.75) is 43.9 Å². The summed E-state index contributed by atoms with van der Waals surface area (Å²) in [5.74, 6) is 0.209. The lowest BCUT2D eigenvalue weighted by atomic mass is 9.80. The summed E-state index contributed by atoms with van der Waals surface area (Å²) in [4.78, 5) is 0. The number of aryl methyl sites for hydroxylation is 1. The topological polar surface area (TPSA) is 60.2 Å². The Bertz CT molecular complexity index is 586. The molecule has 0 bridgehead atoms. The average molecular weight is 316 g/mol. The number of rotatable bonds is 3. The van der Waals surface area contributed by atoms with Gasteiger partial charge in [0.1, 0.15) is 9.84 Å². The Balaban J connectivity index is 2.20. The predicted molar refractivity (Wildman–Crippen MR) is 83.7 cm³/mol. The molecule has 2 N–H and O–H groups in total. The zero-order valence-corrected chi connectivity index (χ0v) is 13.5. The van der Waals surface area contributed by atoms with Gasteiger partial charge in [-0.1, -0.05) is 24.1 Å². The van der Waals surface area contributed by atoms with Crippen LogP contribution >= 0.6 is 11.6 Å². The van der Waals surface area contributed by atoms with Crippen LogP contribution in [-0.2, 0) is 9.84 Å². The molecule has 5 heteroatoms. The lowest BCUT2D eigenvalue weighted by molar-refractivity contribution is 0.308. The van der Waals surface area contributed by atoms with Crippen molar-refractivity contribution in [1.82, 2.24) is 0 Å². The third-order valence-electron chi connectivity index (χ3n) is 4.38. The summed E-state index contributed by atoms with van der Waals surface area (Å²) in [5, 5.41) is 0.434. The molecule has 0 heterocycles. The third-order valence-corrected chi connectivity index (χ3v) is 6.25. The van der Waals surface area contributed by atoms with E-state index in [2.05, 4.69) is 0 Å². The second kappa shape index (κ2) is 6.04. The first kappa shape index (κ1) is 15.8. The monoisotopic (exact) mass is 315 g/mol. The van der Waals surface area contributed by atoms with Crippen LogP contribution in [0.25, 0.3) is 0 Å². The van der Waals surface area contributed by atoms with Crippen molar-refractivity contribution in [2.75, 3.05) is 6.26 Å². The highest BCUT2D eigenvalue weighted by atomic mass is 35.5. The van der Waals surface area contributed by atoms with Crippen LogP contribution < -0.4 is 5.73 Å². The molecule has 112 valence electrons. The molecule has 0 aromatic heterocycles. The second-order valence-corrected chi connectivity index (χ2v) is 8.67. The Hall–Kier alpha value is -0.580. The van der Waals surface area contributed by atoms with Gasteiger partial charge in [0.2, 0.25) is 0 Å². The fourth-order valence-electron chi connectivity index (χ4n) is 3.12. The summed E-state index contributed by atoms with van der Waals surface area (Å²) in [7, 11) is -2.97. The Kier molecular flexibility index (Phi) is 4.77. The highest BCUT2D eigenvalue weighted by Crippen LogP contribution is 2.37. The van der Waals surface area contributed by atoms with E-state index in [-0.39, 0.29) is 17.2 Å². The predicted octanol–water partition coefficient (Wildman–Crippen LogP) is 3.25. The Labute approximate surface area is 126 Å². The first-order valence-electron chi connectivity index (χ1n) is 6.99. The molecule has 1 saturated carbocycles. The highest BCUT2D eigenvalue weighted by molar-refractivity contribution is 7.91. The van der Waals surface area contributed by atoms with Crippen molar-refractivity contribution < 1.29 is 8.42 Å². The summed E-state index contributed by atoms with van der Waals surface area (Å²) < 4.78 is 23.5. The molecule has 0 radical (unpaired) electrons. The van der Waals surface area contributed by atoms with Crippen LogP contribution in [0.4, 0.5) is 0 Å². The zero-order valence-electron chi connectivity index (χ0n) is 12.0. The molecule has 3 nitrogen and oxygen atoms in total. The molecule has 1 aromatic rings. The average Bonchev–Trinajstić information content (AvgIpc) is 2.40. The van der Waals surface area contributed by atoms with Gasteiger partial charge in [-0.15, -0.1) is 0 Å². The molecule has 3 unspecified atom stereocenters. The summed E-state index contributed by atoms with van der Waals surface area (Å²) in [5.41, 5.74) is 8.54. The largest absolute Gasteiger partial charge is 0.324 e. The minimum absolute atomic E-state index is 0.141. The molecule has 1 aliphatic rings. The van der Waals surface area contributed by atoms with Crippen LogP contribution in [0.15, 0.2) is 18.2 Å². The van der Waals surface area contributed by atoms with Crippen LogP contribution in [0, 0.1) is 12.8 Å². The number of sulfone groups is 1. The normalized spacial score (nSPS) is 25.4. The van der Waals surface area contributed by atoms with Crippen LogP contribution in [0.2, 0.25) is 5.02 Å². The Morgan fingerprint density at radius 1 is 1.35 bits per heavy atom. The van der Waals surface area contributed by atoms with Gasteiger partial charge < -0.3 is 5.73 Å². The number of halogens is 1. The molecule has 0 saturated heterocycles. The van der Waals surface area contributed by atoms with Gasteiger partial charge in [-0.05, 0) is 55.4 Å². The lowest BCUT2D eigenvalue weighted by Gasteiger charge is -2.32. The van der Waals surface area contributed by atoms with Gasteiger partial charge in [-0.3, -0.25) is 0 Å². The smallest absolute Gasteiger partial charge is 0.150 e. The van der Waals surface area contributed by atoms with E-state index in [1.807, 2.05) is 25.1 Å². The van der Waals surface area contributed by atoms with Gasteiger partial charge in [0.15, 0.2) is 0 Å². The SMILES string of the molecule is Cc1ccc(Cl)cc1C(N)C1CCCC(S(C)(=O)=O)C1. The van der Waals surface area contributed by atoms with Crippen molar-refractivity contribution in [1.29, 1.82) is 0 Å². The van der Waals surface area contributed by atoms with Gasteiger partial charge >= 0.3 is 0 Å². The molecule has 3 atom stereocenters. The van der Waals surface area contributed by atoms with Crippen LogP contribution in [-0.4, -0.2) is 19.9 Å². The van der Waals surface area contributed by atoms with Gasteiger partial charge in [-0.25, -0.2) is 8.42 Å². The maximum atomic E-state index is 11.8. The minimum Gasteiger partial charge on any atom is -0.324 e. The van der Waals surface area contributed by atoms with Crippen molar-refractivity contribution in [2.24, 2.45) is 11.7 Å². The number of benzene rings is 1. The molecule has 0 aliphatic heterocycles. The number of hydrogen-bond acceptors (Lipinski definition) is 3. The fraction of sp³-hybridized carbons (Fsp3) is 0.600.